The van der Waals surface area contributed by atoms with E-state index in [1.54, 1.807) is 0 Å². The van der Waals surface area contributed by atoms with Crippen molar-refractivity contribution in [2.75, 3.05) is 11.9 Å². The lowest BCUT2D eigenvalue weighted by molar-refractivity contribution is 0.0697. The third kappa shape index (κ3) is 3.44. The van der Waals surface area contributed by atoms with Crippen LogP contribution < -0.4 is 5.32 Å². The van der Waals surface area contributed by atoms with Crippen LogP contribution in [0.25, 0.3) is 0 Å². The fourth-order valence-electron chi connectivity index (χ4n) is 1.38. The Bertz CT molecular complexity index is 404. The van der Waals surface area contributed by atoms with Crippen LogP contribution in [0.3, 0.4) is 0 Å². The molecule has 1 unspecified atom stereocenters. The second-order valence-electron chi connectivity index (χ2n) is 4.57. The Labute approximate surface area is 101 Å². The van der Waals surface area contributed by atoms with Gasteiger partial charge < -0.3 is 10.4 Å². The van der Waals surface area contributed by atoms with Crippen molar-refractivity contribution in [3.8, 4) is 0 Å². The number of anilines is 1. The summed E-state index contributed by atoms with van der Waals surface area (Å²) in [7, 11) is 0. The topological polar surface area (TPSA) is 49.3 Å². The number of carbonyl (C=O) groups is 1. The van der Waals surface area contributed by atoms with Crippen LogP contribution in [-0.2, 0) is 0 Å². The Morgan fingerprint density at radius 2 is 2.06 bits per heavy atom. The number of hydrogen-bond donors (Lipinski definition) is 2. The number of rotatable bonds is 5. The van der Waals surface area contributed by atoms with Crippen molar-refractivity contribution in [2.24, 2.45) is 11.8 Å². The fourth-order valence-corrected chi connectivity index (χ4v) is 1.38. The molecule has 0 aromatic heterocycles. The summed E-state index contributed by atoms with van der Waals surface area (Å²) < 4.78 is 13.5. The second kappa shape index (κ2) is 5.66. The van der Waals surface area contributed by atoms with Crippen molar-refractivity contribution >= 4 is 11.7 Å². The van der Waals surface area contributed by atoms with Crippen LogP contribution in [0.4, 0.5) is 10.1 Å². The summed E-state index contributed by atoms with van der Waals surface area (Å²) in [5, 5.41) is 11.8. The lowest BCUT2D eigenvalue weighted by Gasteiger charge is -2.18. The lowest BCUT2D eigenvalue weighted by Crippen LogP contribution is -2.18. The molecular weight excluding hydrogens is 221 g/mol. The minimum atomic E-state index is -1.12. The SMILES string of the molecule is CC(C)C(C)CNc1c(F)cccc1C(=O)O. The Balaban J connectivity index is 2.86. The van der Waals surface area contributed by atoms with Gasteiger partial charge in [-0.05, 0) is 24.0 Å². The molecule has 0 aliphatic heterocycles. The maximum Gasteiger partial charge on any atom is 0.337 e. The quantitative estimate of drug-likeness (QED) is 0.829. The molecule has 2 N–H and O–H groups in total. The van der Waals surface area contributed by atoms with E-state index in [-0.39, 0.29) is 11.3 Å². The van der Waals surface area contributed by atoms with E-state index in [2.05, 4.69) is 19.2 Å². The standard InChI is InChI=1S/C13H18FNO2/c1-8(2)9(3)7-15-12-10(13(16)17)5-4-6-11(12)14/h4-6,8-9,15H,7H2,1-3H3,(H,16,17). The Morgan fingerprint density at radius 1 is 1.41 bits per heavy atom. The van der Waals surface area contributed by atoms with Crippen LogP contribution in [-0.4, -0.2) is 17.6 Å². The predicted molar refractivity (Wildman–Crippen MR) is 65.9 cm³/mol. The minimum Gasteiger partial charge on any atom is -0.478 e. The number of carboxylic acid groups (broad SMARTS) is 1. The Hall–Kier alpha value is -1.58. The summed E-state index contributed by atoms with van der Waals surface area (Å²) in [5.41, 5.74) is 0.0495. The maximum absolute atomic E-state index is 13.5. The average Bonchev–Trinajstić information content (AvgIpc) is 2.26. The van der Waals surface area contributed by atoms with Gasteiger partial charge in [-0.15, -0.1) is 0 Å². The van der Waals surface area contributed by atoms with Crippen molar-refractivity contribution in [1.82, 2.24) is 0 Å². The highest BCUT2D eigenvalue weighted by Crippen LogP contribution is 2.21. The molecule has 94 valence electrons. The van der Waals surface area contributed by atoms with Gasteiger partial charge in [0.25, 0.3) is 0 Å². The number of aromatic carboxylic acids is 1. The van der Waals surface area contributed by atoms with Gasteiger partial charge in [-0.1, -0.05) is 26.8 Å². The number of nitrogens with one attached hydrogen (secondary N) is 1. The molecule has 0 fully saturated rings. The number of benzene rings is 1. The lowest BCUT2D eigenvalue weighted by atomic mass is 9.98. The van der Waals surface area contributed by atoms with E-state index in [9.17, 15) is 9.18 Å². The smallest absolute Gasteiger partial charge is 0.337 e. The molecule has 0 heterocycles. The average molecular weight is 239 g/mol. The van der Waals surface area contributed by atoms with Gasteiger partial charge in [-0.2, -0.15) is 0 Å². The molecular formula is C13H18FNO2. The van der Waals surface area contributed by atoms with Gasteiger partial charge in [-0.3, -0.25) is 0 Å². The minimum absolute atomic E-state index is 0.0269. The molecule has 0 radical (unpaired) electrons. The number of halogens is 1. The molecule has 1 aromatic rings. The first-order valence-electron chi connectivity index (χ1n) is 5.69. The molecule has 1 atom stereocenters. The number of carboxylic acids is 1. The predicted octanol–water partition coefficient (Wildman–Crippen LogP) is 3.23. The van der Waals surface area contributed by atoms with E-state index in [0.717, 1.165) is 0 Å². The van der Waals surface area contributed by atoms with Crippen LogP contribution in [0, 0.1) is 17.7 Å². The van der Waals surface area contributed by atoms with Crippen LogP contribution >= 0.6 is 0 Å². The molecule has 0 saturated carbocycles. The molecule has 17 heavy (non-hydrogen) atoms. The van der Waals surface area contributed by atoms with Gasteiger partial charge in [0.2, 0.25) is 0 Å². The molecule has 0 amide bonds. The third-order valence-corrected chi connectivity index (χ3v) is 2.98. The van der Waals surface area contributed by atoms with Gasteiger partial charge in [0, 0.05) is 6.54 Å². The molecule has 0 saturated heterocycles. The van der Waals surface area contributed by atoms with Gasteiger partial charge in [0.15, 0.2) is 0 Å². The van der Waals surface area contributed by atoms with E-state index in [4.69, 9.17) is 5.11 Å². The largest absolute Gasteiger partial charge is 0.478 e. The van der Waals surface area contributed by atoms with E-state index in [1.807, 2.05) is 6.92 Å². The van der Waals surface area contributed by atoms with Crippen molar-refractivity contribution in [3.05, 3.63) is 29.6 Å². The molecule has 3 nitrogen and oxygen atoms in total. The van der Waals surface area contributed by atoms with Crippen molar-refractivity contribution < 1.29 is 14.3 Å². The highest BCUT2D eigenvalue weighted by Gasteiger charge is 2.15. The molecule has 4 heteroatoms. The summed E-state index contributed by atoms with van der Waals surface area (Å²) in [6.07, 6.45) is 0. The van der Waals surface area contributed by atoms with Crippen molar-refractivity contribution in [3.63, 3.8) is 0 Å². The third-order valence-electron chi connectivity index (χ3n) is 2.98. The summed E-state index contributed by atoms with van der Waals surface area (Å²) >= 11 is 0. The molecule has 0 spiro atoms. The van der Waals surface area contributed by atoms with Gasteiger partial charge in [-0.25, -0.2) is 9.18 Å². The van der Waals surface area contributed by atoms with Crippen LogP contribution in [0.2, 0.25) is 0 Å². The zero-order valence-corrected chi connectivity index (χ0v) is 10.3. The van der Waals surface area contributed by atoms with E-state index in [1.165, 1.54) is 18.2 Å². The molecule has 1 aromatic carbocycles. The van der Waals surface area contributed by atoms with Crippen LogP contribution in [0.1, 0.15) is 31.1 Å². The summed E-state index contributed by atoms with van der Waals surface area (Å²) in [4.78, 5) is 10.9. The fraction of sp³-hybridized carbons (Fsp3) is 0.462. The zero-order chi connectivity index (χ0) is 13.0. The monoisotopic (exact) mass is 239 g/mol. The van der Waals surface area contributed by atoms with Gasteiger partial charge in [0.1, 0.15) is 5.82 Å². The number of hydrogen-bond acceptors (Lipinski definition) is 2. The van der Waals surface area contributed by atoms with E-state index >= 15 is 0 Å². The first kappa shape index (κ1) is 13.5. The summed E-state index contributed by atoms with van der Waals surface area (Å²) in [6.45, 7) is 6.75. The number of para-hydroxylation sites is 1. The van der Waals surface area contributed by atoms with Crippen LogP contribution in [0.15, 0.2) is 18.2 Å². The van der Waals surface area contributed by atoms with Crippen molar-refractivity contribution in [1.29, 1.82) is 0 Å². The molecule has 0 aliphatic rings. The molecule has 0 bridgehead atoms. The summed E-state index contributed by atoms with van der Waals surface area (Å²) in [6, 6.07) is 4.05. The Morgan fingerprint density at radius 3 is 2.59 bits per heavy atom. The zero-order valence-electron chi connectivity index (χ0n) is 10.3. The van der Waals surface area contributed by atoms with Crippen LogP contribution in [0.5, 0.6) is 0 Å². The maximum atomic E-state index is 13.5. The second-order valence-corrected chi connectivity index (χ2v) is 4.57. The molecule has 0 aliphatic carbocycles. The van der Waals surface area contributed by atoms with Gasteiger partial charge >= 0.3 is 5.97 Å². The van der Waals surface area contributed by atoms with Crippen molar-refractivity contribution in [2.45, 2.75) is 20.8 Å². The molecule has 1 rings (SSSR count). The van der Waals surface area contributed by atoms with Gasteiger partial charge in [0.05, 0.1) is 11.3 Å². The first-order valence-corrected chi connectivity index (χ1v) is 5.69. The highest BCUT2D eigenvalue weighted by atomic mass is 19.1. The highest BCUT2D eigenvalue weighted by molar-refractivity contribution is 5.94. The van der Waals surface area contributed by atoms with E-state index < -0.39 is 11.8 Å². The Kier molecular flexibility index (Phi) is 4.49. The first-order chi connectivity index (χ1) is 7.93. The normalized spacial score (nSPS) is 12.5. The summed E-state index contributed by atoms with van der Waals surface area (Å²) in [5.74, 6) is -0.844. The van der Waals surface area contributed by atoms with E-state index in [0.29, 0.717) is 18.4 Å².